The van der Waals surface area contributed by atoms with Crippen LogP contribution in [0.3, 0.4) is 0 Å². The highest BCUT2D eigenvalue weighted by Crippen LogP contribution is 2.30. The first kappa shape index (κ1) is 38.9. The van der Waals surface area contributed by atoms with Gasteiger partial charge in [-0.1, -0.05) is 182 Å². The summed E-state index contributed by atoms with van der Waals surface area (Å²) in [5, 5.41) is 13.0. The smallest absolute Gasteiger partial charge is 0.307 e. The highest BCUT2D eigenvalue weighted by atomic mass is 16.4. The Balaban J connectivity index is 3.89. The van der Waals surface area contributed by atoms with Gasteiger partial charge in [0.05, 0.1) is 5.92 Å². The van der Waals surface area contributed by atoms with Crippen molar-refractivity contribution in [2.45, 2.75) is 195 Å². The van der Waals surface area contributed by atoms with Gasteiger partial charge in [0.15, 0.2) is 0 Å². The Morgan fingerprint density at radius 3 is 1.25 bits per heavy atom. The first-order chi connectivity index (χ1) is 19.5. The van der Waals surface area contributed by atoms with Crippen LogP contribution in [0.5, 0.6) is 0 Å². The van der Waals surface area contributed by atoms with Crippen LogP contribution in [0.2, 0.25) is 0 Å². The van der Waals surface area contributed by atoms with Crippen LogP contribution in [0.15, 0.2) is 0 Å². The molecule has 2 N–H and O–H groups in total. The number of nitrogens with one attached hydrogen (secondary N) is 1. The number of hydrogen-bond acceptors (Lipinski definition) is 2. The predicted molar refractivity (Wildman–Crippen MR) is 174 cm³/mol. The Hall–Kier alpha value is -1.06. The largest absolute Gasteiger partial charge is 0.481 e. The zero-order chi connectivity index (χ0) is 29.7. The summed E-state index contributed by atoms with van der Waals surface area (Å²) in [7, 11) is 0. The zero-order valence-electron chi connectivity index (χ0n) is 27.6. The molecule has 0 spiro atoms. The summed E-state index contributed by atoms with van der Waals surface area (Å²) in [6.45, 7) is 9.08. The van der Waals surface area contributed by atoms with Crippen LogP contribution < -0.4 is 5.32 Å². The number of carbonyl (C=O) groups is 2. The standard InChI is InChI=1S/C36H71NO3/c1-5-8-10-12-14-16-17-18-19-20-21-22-23-25-27-29-31-37-35(38)32(4)34(36(39)40)33(7-3)30-28-26-24-15-13-11-9-6-2/h32-34H,5-31H2,1-4H3,(H,37,38)(H,39,40). The third-order valence-electron chi connectivity index (χ3n) is 9.03. The van der Waals surface area contributed by atoms with E-state index in [-0.39, 0.29) is 11.8 Å². The van der Waals surface area contributed by atoms with Gasteiger partial charge in [-0.3, -0.25) is 9.59 Å². The van der Waals surface area contributed by atoms with Gasteiger partial charge in [-0.2, -0.15) is 0 Å². The third-order valence-corrected chi connectivity index (χ3v) is 9.03. The van der Waals surface area contributed by atoms with Crippen molar-refractivity contribution in [2.24, 2.45) is 17.8 Å². The zero-order valence-corrected chi connectivity index (χ0v) is 27.6. The molecule has 0 radical (unpaired) electrons. The van der Waals surface area contributed by atoms with Crippen molar-refractivity contribution in [3.8, 4) is 0 Å². The molecule has 3 unspecified atom stereocenters. The molecule has 3 atom stereocenters. The van der Waals surface area contributed by atoms with Crippen LogP contribution in [0.25, 0.3) is 0 Å². The summed E-state index contributed by atoms with van der Waals surface area (Å²) < 4.78 is 0. The molecule has 0 heterocycles. The van der Waals surface area contributed by atoms with Gasteiger partial charge in [0, 0.05) is 12.5 Å². The number of hydrogen-bond donors (Lipinski definition) is 2. The lowest BCUT2D eigenvalue weighted by atomic mass is 9.77. The van der Waals surface area contributed by atoms with Crippen molar-refractivity contribution in [3.05, 3.63) is 0 Å². The Labute approximate surface area is 250 Å². The summed E-state index contributed by atoms with van der Waals surface area (Å²) >= 11 is 0. The first-order valence-electron chi connectivity index (χ1n) is 18.0. The number of rotatable bonds is 31. The second-order valence-electron chi connectivity index (χ2n) is 12.7. The van der Waals surface area contributed by atoms with Crippen molar-refractivity contribution in [2.75, 3.05) is 6.54 Å². The summed E-state index contributed by atoms with van der Waals surface area (Å²) in [5.74, 6) is -1.87. The third kappa shape index (κ3) is 22.6. The number of amides is 1. The lowest BCUT2D eigenvalue weighted by molar-refractivity contribution is -0.149. The summed E-state index contributed by atoms with van der Waals surface area (Å²) in [6, 6.07) is 0. The van der Waals surface area contributed by atoms with Crippen molar-refractivity contribution >= 4 is 11.9 Å². The van der Waals surface area contributed by atoms with E-state index in [1.807, 2.05) is 6.92 Å². The van der Waals surface area contributed by atoms with Gasteiger partial charge >= 0.3 is 5.97 Å². The SMILES string of the molecule is CCCCCCCCCCCCCCCCCCNC(=O)C(C)C(C(=O)O)C(CC)CCCCCCCCCC. The maximum absolute atomic E-state index is 12.8. The molecule has 0 aliphatic carbocycles. The summed E-state index contributed by atoms with van der Waals surface area (Å²) in [6.07, 6.45) is 33.2. The first-order valence-corrected chi connectivity index (χ1v) is 18.0. The van der Waals surface area contributed by atoms with Gasteiger partial charge in [0.25, 0.3) is 0 Å². The molecule has 0 aliphatic heterocycles. The lowest BCUT2D eigenvalue weighted by Crippen LogP contribution is -2.40. The molecule has 0 aliphatic rings. The van der Waals surface area contributed by atoms with Crippen LogP contribution in [-0.2, 0) is 9.59 Å². The molecule has 1 amide bonds. The highest BCUT2D eigenvalue weighted by molar-refractivity contribution is 5.84. The van der Waals surface area contributed by atoms with Crippen molar-refractivity contribution < 1.29 is 14.7 Å². The number of carboxylic acids is 1. The van der Waals surface area contributed by atoms with E-state index in [2.05, 4.69) is 26.1 Å². The molecule has 4 nitrogen and oxygen atoms in total. The highest BCUT2D eigenvalue weighted by Gasteiger charge is 2.35. The molecule has 40 heavy (non-hydrogen) atoms. The minimum atomic E-state index is -0.809. The van der Waals surface area contributed by atoms with Crippen molar-refractivity contribution in [1.82, 2.24) is 5.32 Å². The quantitative estimate of drug-likeness (QED) is 0.0821. The molecule has 4 heteroatoms. The molecule has 0 bridgehead atoms. The average Bonchev–Trinajstić information content (AvgIpc) is 2.94. The van der Waals surface area contributed by atoms with Gasteiger partial charge in [0.2, 0.25) is 5.91 Å². The molecular weight excluding hydrogens is 494 g/mol. The van der Waals surface area contributed by atoms with E-state index >= 15 is 0 Å². The summed E-state index contributed by atoms with van der Waals surface area (Å²) in [4.78, 5) is 24.9. The lowest BCUT2D eigenvalue weighted by Gasteiger charge is -2.27. The molecule has 0 rings (SSSR count). The van der Waals surface area contributed by atoms with Gasteiger partial charge in [-0.05, 0) is 18.8 Å². The molecule has 0 aromatic carbocycles. The second-order valence-corrected chi connectivity index (χ2v) is 12.7. The fourth-order valence-electron chi connectivity index (χ4n) is 6.21. The molecule has 0 saturated heterocycles. The fraction of sp³-hybridized carbons (Fsp3) is 0.944. The molecule has 0 fully saturated rings. The van der Waals surface area contributed by atoms with Gasteiger partial charge in [-0.25, -0.2) is 0 Å². The maximum atomic E-state index is 12.8. The van der Waals surface area contributed by atoms with E-state index < -0.39 is 17.8 Å². The number of unbranched alkanes of at least 4 members (excludes halogenated alkanes) is 22. The van der Waals surface area contributed by atoms with Gasteiger partial charge in [0.1, 0.15) is 0 Å². The molecule has 0 aromatic rings. The molecule has 0 saturated carbocycles. The van der Waals surface area contributed by atoms with Gasteiger partial charge < -0.3 is 10.4 Å². The molecule has 0 aromatic heterocycles. The van der Waals surface area contributed by atoms with Crippen LogP contribution >= 0.6 is 0 Å². The monoisotopic (exact) mass is 566 g/mol. The maximum Gasteiger partial charge on any atom is 0.307 e. The Bertz CT molecular complexity index is 564. The summed E-state index contributed by atoms with van der Waals surface area (Å²) in [5.41, 5.74) is 0. The van der Waals surface area contributed by atoms with Crippen LogP contribution in [0.4, 0.5) is 0 Å². The van der Waals surface area contributed by atoms with E-state index in [4.69, 9.17) is 0 Å². The fourth-order valence-corrected chi connectivity index (χ4v) is 6.21. The van der Waals surface area contributed by atoms with E-state index in [1.54, 1.807) is 0 Å². The van der Waals surface area contributed by atoms with Crippen molar-refractivity contribution in [1.29, 1.82) is 0 Å². The van der Waals surface area contributed by atoms with Crippen LogP contribution in [0, 0.1) is 17.8 Å². The Kier molecular flexibility index (Phi) is 28.7. The van der Waals surface area contributed by atoms with Gasteiger partial charge in [-0.15, -0.1) is 0 Å². The van der Waals surface area contributed by atoms with E-state index in [9.17, 15) is 14.7 Å². The van der Waals surface area contributed by atoms with Crippen LogP contribution in [0.1, 0.15) is 195 Å². The number of carbonyl (C=O) groups excluding carboxylic acids is 1. The van der Waals surface area contributed by atoms with E-state index in [0.29, 0.717) is 6.54 Å². The molecule has 238 valence electrons. The second kappa shape index (κ2) is 29.4. The number of aliphatic carboxylic acids is 1. The normalized spacial score (nSPS) is 13.7. The predicted octanol–water partition coefficient (Wildman–Crippen LogP) is 11.3. The average molecular weight is 566 g/mol. The Morgan fingerprint density at radius 1 is 0.550 bits per heavy atom. The van der Waals surface area contributed by atoms with Crippen LogP contribution in [-0.4, -0.2) is 23.5 Å². The van der Waals surface area contributed by atoms with Crippen molar-refractivity contribution in [3.63, 3.8) is 0 Å². The Morgan fingerprint density at radius 2 is 0.900 bits per heavy atom. The molecular formula is C36H71NO3. The number of carboxylic acid groups (broad SMARTS) is 1. The van der Waals surface area contributed by atoms with E-state index in [0.717, 1.165) is 32.1 Å². The van der Waals surface area contributed by atoms with E-state index in [1.165, 1.54) is 135 Å². The minimum Gasteiger partial charge on any atom is -0.481 e. The minimum absolute atomic E-state index is 0.0777. The topological polar surface area (TPSA) is 66.4 Å².